The molecule has 1 aliphatic heterocycles. The number of Topliss-reactive ketones (excluding diaryl/α,β-unsaturated/α-hetero) is 1. The quantitative estimate of drug-likeness (QED) is 0.824. The zero-order chi connectivity index (χ0) is 21.3. The Kier molecular flexibility index (Phi) is 5.89. The van der Waals surface area contributed by atoms with Gasteiger partial charge in [0, 0.05) is 13.5 Å². The number of alkyl carbamates (subject to hydrolysis) is 1. The number of benzene rings is 1. The number of rotatable bonds is 3. The molecule has 1 aromatic carbocycles. The van der Waals surface area contributed by atoms with E-state index in [1.807, 2.05) is 0 Å². The third-order valence-electron chi connectivity index (χ3n) is 4.15. The highest BCUT2D eigenvalue weighted by Gasteiger charge is 2.41. The van der Waals surface area contributed by atoms with E-state index in [2.05, 4.69) is 10.3 Å². The molecule has 0 radical (unpaired) electrons. The van der Waals surface area contributed by atoms with Gasteiger partial charge in [-0.1, -0.05) is 24.3 Å². The van der Waals surface area contributed by atoms with E-state index in [9.17, 15) is 18.0 Å². The largest absolute Gasteiger partial charge is 0.444 e. The number of ether oxygens (including phenoxy) is 1. The second kappa shape index (κ2) is 7.54. The summed E-state index contributed by atoms with van der Waals surface area (Å²) in [6, 6.07) is 7.11. The molecular weight excluding hydrogens is 382 g/mol. The van der Waals surface area contributed by atoms with Gasteiger partial charge in [0.25, 0.3) is 0 Å². The highest BCUT2D eigenvalue weighted by atomic mass is 32.2. The molecule has 0 aliphatic carbocycles. The first-order valence-electron chi connectivity index (χ1n) is 8.87. The lowest BCUT2D eigenvalue weighted by Crippen LogP contribution is -2.54. The summed E-state index contributed by atoms with van der Waals surface area (Å²) in [5.74, 6) is -0.367. The van der Waals surface area contributed by atoms with Gasteiger partial charge in [0.05, 0.1) is 5.75 Å². The zero-order valence-corrected chi connectivity index (χ0v) is 17.9. The normalized spacial score (nSPS) is 21.6. The highest BCUT2D eigenvalue weighted by Crippen LogP contribution is 2.32. The van der Waals surface area contributed by atoms with Crippen molar-refractivity contribution in [2.45, 2.75) is 52.2 Å². The molecule has 0 saturated carbocycles. The van der Waals surface area contributed by atoms with Crippen LogP contribution in [0.15, 0.2) is 29.3 Å². The molecule has 154 valence electrons. The summed E-state index contributed by atoms with van der Waals surface area (Å²) in [7, 11) is -2.40. The van der Waals surface area contributed by atoms with Crippen molar-refractivity contribution in [2.75, 3.05) is 12.8 Å². The van der Waals surface area contributed by atoms with Crippen molar-refractivity contribution in [2.24, 2.45) is 4.99 Å². The molecule has 1 heterocycles. The number of aliphatic imine (C=N–C) groups is 1. The van der Waals surface area contributed by atoms with Crippen molar-refractivity contribution < 1.29 is 22.7 Å². The van der Waals surface area contributed by atoms with Gasteiger partial charge < -0.3 is 4.74 Å². The van der Waals surface area contributed by atoms with Crippen LogP contribution in [0.3, 0.4) is 0 Å². The van der Waals surface area contributed by atoms with Crippen LogP contribution in [0.5, 0.6) is 0 Å². The van der Waals surface area contributed by atoms with Gasteiger partial charge >= 0.3 is 6.09 Å². The number of ketones is 1. The fourth-order valence-corrected chi connectivity index (χ4v) is 4.36. The van der Waals surface area contributed by atoms with Crippen LogP contribution in [0.4, 0.5) is 4.79 Å². The van der Waals surface area contributed by atoms with E-state index in [1.54, 1.807) is 52.0 Å². The molecule has 1 amide bonds. The van der Waals surface area contributed by atoms with E-state index in [-0.39, 0.29) is 23.9 Å². The molecule has 2 rings (SSSR count). The molecule has 1 atom stereocenters. The number of nitrogens with one attached hydrogen (secondary N) is 1. The average molecular weight is 410 g/mol. The minimum absolute atomic E-state index is 0.00841. The molecule has 0 aromatic heterocycles. The van der Waals surface area contributed by atoms with Crippen LogP contribution in [-0.4, -0.2) is 49.0 Å². The summed E-state index contributed by atoms with van der Waals surface area (Å²) in [4.78, 5) is 28.1. The Morgan fingerprint density at radius 2 is 1.96 bits per heavy atom. The predicted molar refractivity (Wildman–Crippen MR) is 107 cm³/mol. The molecule has 0 saturated heterocycles. The number of nitrogens with zero attached hydrogens (tertiary/aromatic N) is 2. The Labute approximate surface area is 166 Å². The lowest BCUT2D eigenvalue weighted by Gasteiger charge is -2.36. The minimum Gasteiger partial charge on any atom is -0.444 e. The average Bonchev–Trinajstić information content (AvgIpc) is 2.49. The number of carbonyl (C=O) groups is 2. The molecule has 1 aliphatic rings. The second-order valence-corrected chi connectivity index (χ2v) is 10.1. The van der Waals surface area contributed by atoms with Gasteiger partial charge in [0.1, 0.15) is 16.9 Å². The van der Waals surface area contributed by atoms with Crippen LogP contribution in [0.1, 0.15) is 45.7 Å². The number of sulfonamides is 1. The van der Waals surface area contributed by atoms with Gasteiger partial charge in [0.2, 0.25) is 16.0 Å². The number of hydrogen-bond acceptors (Lipinski definition) is 6. The fourth-order valence-electron chi connectivity index (χ4n) is 2.87. The van der Waals surface area contributed by atoms with E-state index < -0.39 is 27.3 Å². The summed E-state index contributed by atoms with van der Waals surface area (Å²) >= 11 is 0. The fraction of sp³-hybridized carbons (Fsp3) is 0.526. The topological polar surface area (TPSA) is 105 Å². The molecule has 1 aromatic rings. The van der Waals surface area contributed by atoms with Gasteiger partial charge in [-0.05, 0) is 45.7 Å². The maximum Gasteiger partial charge on any atom is 0.414 e. The molecule has 28 heavy (non-hydrogen) atoms. The Morgan fingerprint density at radius 1 is 1.32 bits per heavy atom. The molecule has 1 N–H and O–H groups in total. The van der Waals surface area contributed by atoms with Crippen LogP contribution in [0.25, 0.3) is 0 Å². The van der Waals surface area contributed by atoms with Crippen molar-refractivity contribution in [1.29, 1.82) is 0 Å². The van der Waals surface area contributed by atoms with E-state index in [1.165, 1.54) is 14.0 Å². The van der Waals surface area contributed by atoms with Gasteiger partial charge in [-0.2, -0.15) is 0 Å². The SMILES string of the molecule is CC(=O)Cc1cccc([C@]2(C)CS(=O)(=O)N(C)C(NC(=O)OC(C)(C)C)=N2)c1. The Balaban J connectivity index is 2.43. The summed E-state index contributed by atoms with van der Waals surface area (Å²) in [5.41, 5.74) is -0.436. The van der Waals surface area contributed by atoms with Crippen molar-refractivity contribution in [3.8, 4) is 0 Å². The number of guanidine groups is 1. The zero-order valence-electron chi connectivity index (χ0n) is 17.1. The number of hydrogen-bond donors (Lipinski definition) is 1. The van der Waals surface area contributed by atoms with Crippen molar-refractivity contribution in [3.63, 3.8) is 0 Å². The second-order valence-electron chi connectivity index (χ2n) is 8.14. The highest BCUT2D eigenvalue weighted by molar-refractivity contribution is 7.89. The number of carbonyl (C=O) groups excluding carboxylic acids is 2. The Bertz CT molecular complexity index is 918. The first-order valence-corrected chi connectivity index (χ1v) is 10.5. The number of amides is 1. The van der Waals surface area contributed by atoms with Gasteiger partial charge in [-0.3, -0.25) is 10.1 Å². The molecule has 0 fully saturated rings. The standard InChI is InChI=1S/C19H27N3O5S/c1-13(23)10-14-8-7-9-15(11-14)19(5)12-28(25,26)22(6)16(21-19)20-17(24)27-18(2,3)4/h7-9,11H,10,12H2,1-6H3,(H,20,21,24)/t19-/m0/s1. The van der Waals surface area contributed by atoms with E-state index in [0.717, 1.165) is 9.87 Å². The minimum atomic E-state index is -3.73. The third kappa shape index (κ3) is 5.31. The summed E-state index contributed by atoms with van der Waals surface area (Å²) in [6.45, 7) is 8.30. The summed E-state index contributed by atoms with van der Waals surface area (Å²) in [6.07, 6.45) is -0.536. The molecule has 0 spiro atoms. The Hall–Kier alpha value is -2.42. The van der Waals surface area contributed by atoms with Crippen LogP contribution in [0.2, 0.25) is 0 Å². The molecular formula is C19H27N3O5S. The van der Waals surface area contributed by atoms with Crippen LogP contribution in [0, 0.1) is 0 Å². The van der Waals surface area contributed by atoms with Crippen LogP contribution >= 0.6 is 0 Å². The maximum absolute atomic E-state index is 12.7. The first-order chi connectivity index (χ1) is 12.7. The van der Waals surface area contributed by atoms with Crippen LogP contribution in [-0.2, 0) is 31.5 Å². The maximum atomic E-state index is 12.7. The smallest absolute Gasteiger partial charge is 0.414 e. The van der Waals surface area contributed by atoms with Crippen molar-refractivity contribution in [1.82, 2.24) is 9.62 Å². The Morgan fingerprint density at radius 3 is 2.54 bits per heavy atom. The molecule has 0 bridgehead atoms. The molecule has 9 heteroatoms. The lowest BCUT2D eigenvalue weighted by molar-refractivity contribution is -0.116. The third-order valence-corrected chi connectivity index (χ3v) is 6.08. The monoisotopic (exact) mass is 409 g/mol. The van der Waals surface area contributed by atoms with Crippen molar-refractivity contribution >= 4 is 27.9 Å². The van der Waals surface area contributed by atoms with Crippen LogP contribution < -0.4 is 5.32 Å². The van der Waals surface area contributed by atoms with Gasteiger partial charge in [0.15, 0.2) is 0 Å². The van der Waals surface area contributed by atoms with Gasteiger partial charge in [-0.25, -0.2) is 22.5 Å². The predicted octanol–water partition coefficient (Wildman–Crippen LogP) is 2.19. The van der Waals surface area contributed by atoms with Gasteiger partial charge in [-0.15, -0.1) is 0 Å². The molecule has 0 unspecified atom stereocenters. The first kappa shape index (κ1) is 21.9. The van der Waals surface area contributed by atoms with E-state index >= 15 is 0 Å². The summed E-state index contributed by atoms with van der Waals surface area (Å²) < 4.78 is 31.6. The van der Waals surface area contributed by atoms with Crippen molar-refractivity contribution in [3.05, 3.63) is 35.4 Å². The summed E-state index contributed by atoms with van der Waals surface area (Å²) in [5, 5.41) is 2.43. The van der Waals surface area contributed by atoms with E-state index in [0.29, 0.717) is 5.56 Å². The molecule has 8 nitrogen and oxygen atoms in total. The van der Waals surface area contributed by atoms with E-state index in [4.69, 9.17) is 4.74 Å². The lowest BCUT2D eigenvalue weighted by atomic mass is 9.92.